The van der Waals surface area contributed by atoms with Crippen LogP contribution in [0.2, 0.25) is 0 Å². The molecule has 0 heterocycles. The van der Waals surface area contributed by atoms with Crippen LogP contribution >= 0.6 is 0 Å². The summed E-state index contributed by atoms with van der Waals surface area (Å²) >= 11 is 0. The van der Waals surface area contributed by atoms with Crippen molar-refractivity contribution in [3.8, 4) is 5.75 Å². The third-order valence-electron chi connectivity index (χ3n) is 2.81. The van der Waals surface area contributed by atoms with Crippen molar-refractivity contribution >= 4 is 6.08 Å². The largest absolute Gasteiger partial charge is 0.508 e. The second kappa shape index (κ2) is 7.91. The quantitative estimate of drug-likeness (QED) is 0.703. The summed E-state index contributed by atoms with van der Waals surface area (Å²) < 4.78 is 0. The number of rotatable bonds is 7. The van der Waals surface area contributed by atoms with Gasteiger partial charge in [-0.1, -0.05) is 44.4 Å². The van der Waals surface area contributed by atoms with Gasteiger partial charge in [-0.05, 0) is 30.5 Å². The van der Waals surface area contributed by atoms with Crippen molar-refractivity contribution in [3.05, 3.63) is 35.4 Å². The van der Waals surface area contributed by atoms with Gasteiger partial charge in [-0.15, -0.1) is 0 Å². The van der Waals surface area contributed by atoms with Crippen LogP contribution in [0.5, 0.6) is 5.75 Å². The molecule has 0 amide bonds. The van der Waals surface area contributed by atoms with E-state index in [0.717, 1.165) is 12.0 Å². The first-order chi connectivity index (χ1) is 8.27. The highest BCUT2D eigenvalue weighted by Crippen LogP contribution is 2.19. The van der Waals surface area contributed by atoms with E-state index in [1.807, 2.05) is 18.2 Å². The molecule has 17 heavy (non-hydrogen) atoms. The van der Waals surface area contributed by atoms with E-state index in [1.54, 1.807) is 6.07 Å². The summed E-state index contributed by atoms with van der Waals surface area (Å²) in [4.78, 5) is 0. The second-order valence-corrected chi connectivity index (χ2v) is 4.30. The predicted molar refractivity (Wildman–Crippen MR) is 71.8 cm³/mol. The van der Waals surface area contributed by atoms with Gasteiger partial charge in [-0.3, -0.25) is 0 Å². The second-order valence-electron chi connectivity index (χ2n) is 4.30. The average molecular weight is 234 g/mol. The molecule has 0 radical (unpaired) electrons. The number of aliphatic hydroxyl groups excluding tert-OH is 1. The Labute approximate surface area is 104 Å². The maximum absolute atomic E-state index is 9.42. The molecule has 0 saturated heterocycles. The van der Waals surface area contributed by atoms with Crippen LogP contribution in [0.4, 0.5) is 0 Å². The molecule has 0 aromatic heterocycles. The van der Waals surface area contributed by atoms with Gasteiger partial charge in [0.15, 0.2) is 0 Å². The number of hydrogen-bond acceptors (Lipinski definition) is 2. The van der Waals surface area contributed by atoms with E-state index in [2.05, 4.69) is 13.0 Å². The average Bonchev–Trinajstić information content (AvgIpc) is 2.35. The van der Waals surface area contributed by atoms with E-state index in [0.29, 0.717) is 5.56 Å². The molecule has 2 heteroatoms. The summed E-state index contributed by atoms with van der Waals surface area (Å²) in [5.41, 5.74) is 1.61. The summed E-state index contributed by atoms with van der Waals surface area (Å²) in [5, 5.41) is 18.4. The summed E-state index contributed by atoms with van der Waals surface area (Å²) in [6.07, 6.45) is 10.4. The lowest BCUT2D eigenvalue weighted by molar-refractivity contribution is 0.275. The van der Waals surface area contributed by atoms with E-state index in [1.165, 1.54) is 25.7 Å². The lowest BCUT2D eigenvalue weighted by atomic mass is 10.1. The van der Waals surface area contributed by atoms with E-state index >= 15 is 0 Å². The first-order valence-electron chi connectivity index (χ1n) is 6.37. The molecule has 1 rings (SSSR count). The summed E-state index contributed by atoms with van der Waals surface area (Å²) in [6.45, 7) is 2.09. The Bertz CT molecular complexity index is 356. The van der Waals surface area contributed by atoms with Gasteiger partial charge >= 0.3 is 0 Å². The highest BCUT2D eigenvalue weighted by atomic mass is 16.3. The molecule has 0 aliphatic carbocycles. The fourth-order valence-electron chi connectivity index (χ4n) is 1.74. The summed E-state index contributed by atoms with van der Waals surface area (Å²) in [5.74, 6) is 0.160. The number of unbranched alkanes of at least 4 members (excludes halogenated alkanes) is 4. The van der Waals surface area contributed by atoms with Crippen LogP contribution in [0.1, 0.15) is 50.2 Å². The lowest BCUT2D eigenvalue weighted by Gasteiger charge is -2.02. The third-order valence-corrected chi connectivity index (χ3v) is 2.81. The van der Waals surface area contributed by atoms with Crippen LogP contribution in [0.3, 0.4) is 0 Å². The van der Waals surface area contributed by atoms with Crippen molar-refractivity contribution < 1.29 is 10.2 Å². The van der Waals surface area contributed by atoms with Gasteiger partial charge in [-0.25, -0.2) is 0 Å². The van der Waals surface area contributed by atoms with Crippen molar-refractivity contribution in [2.45, 2.75) is 45.6 Å². The van der Waals surface area contributed by atoms with Gasteiger partial charge in [0.1, 0.15) is 5.75 Å². The Kier molecular flexibility index (Phi) is 6.41. The molecule has 94 valence electrons. The van der Waals surface area contributed by atoms with Gasteiger partial charge < -0.3 is 10.2 Å². The number of aromatic hydroxyl groups is 1. The smallest absolute Gasteiger partial charge is 0.121 e. The molecule has 0 unspecified atom stereocenters. The fraction of sp³-hybridized carbons (Fsp3) is 0.467. The molecular formula is C15H22O2. The monoisotopic (exact) mass is 234 g/mol. The maximum atomic E-state index is 9.42. The molecule has 1 aromatic rings. The zero-order valence-electron chi connectivity index (χ0n) is 10.5. The molecule has 0 fully saturated rings. The van der Waals surface area contributed by atoms with E-state index < -0.39 is 0 Å². The van der Waals surface area contributed by atoms with Crippen LogP contribution < -0.4 is 0 Å². The van der Waals surface area contributed by atoms with Crippen LogP contribution in [0.15, 0.2) is 24.3 Å². The van der Waals surface area contributed by atoms with Crippen LogP contribution in [0, 0.1) is 0 Å². The summed E-state index contributed by atoms with van der Waals surface area (Å²) in [6, 6.07) is 5.30. The topological polar surface area (TPSA) is 40.5 Å². The van der Waals surface area contributed by atoms with Crippen LogP contribution in [-0.4, -0.2) is 10.2 Å². The zero-order valence-corrected chi connectivity index (χ0v) is 10.5. The molecular weight excluding hydrogens is 212 g/mol. The van der Waals surface area contributed by atoms with Crippen molar-refractivity contribution in [1.82, 2.24) is 0 Å². The Morgan fingerprint density at radius 2 is 2.00 bits per heavy atom. The van der Waals surface area contributed by atoms with Gasteiger partial charge in [-0.2, -0.15) is 0 Å². The van der Waals surface area contributed by atoms with Crippen molar-refractivity contribution in [3.63, 3.8) is 0 Å². The number of aliphatic hydroxyl groups is 1. The molecule has 0 spiro atoms. The normalized spacial score (nSPS) is 11.2. The maximum Gasteiger partial charge on any atom is 0.121 e. The van der Waals surface area contributed by atoms with Crippen molar-refractivity contribution in [2.24, 2.45) is 0 Å². The standard InChI is InChI=1S/C15H22O2/c1-2-3-4-5-6-7-8-13-9-10-15(17)14(11-13)12-16/h7-11,16-17H,2-6,12H2,1H3. The van der Waals surface area contributed by atoms with E-state index in [-0.39, 0.29) is 12.4 Å². The minimum atomic E-state index is -0.121. The first-order valence-corrected chi connectivity index (χ1v) is 6.37. The molecule has 0 aliphatic rings. The highest BCUT2D eigenvalue weighted by molar-refractivity contribution is 5.52. The number of benzene rings is 1. The third kappa shape index (κ3) is 5.05. The Morgan fingerprint density at radius 1 is 1.18 bits per heavy atom. The number of phenols is 1. The molecule has 2 nitrogen and oxygen atoms in total. The highest BCUT2D eigenvalue weighted by Gasteiger charge is 1.99. The summed E-state index contributed by atoms with van der Waals surface area (Å²) in [7, 11) is 0. The molecule has 0 saturated carbocycles. The molecule has 0 atom stereocenters. The van der Waals surface area contributed by atoms with Gasteiger partial charge in [0.05, 0.1) is 6.61 Å². The molecule has 0 bridgehead atoms. The Morgan fingerprint density at radius 3 is 2.71 bits per heavy atom. The zero-order chi connectivity index (χ0) is 12.5. The van der Waals surface area contributed by atoms with E-state index in [9.17, 15) is 5.11 Å². The van der Waals surface area contributed by atoms with Gasteiger partial charge in [0.25, 0.3) is 0 Å². The number of allylic oxidation sites excluding steroid dienone is 1. The van der Waals surface area contributed by atoms with Crippen molar-refractivity contribution in [2.75, 3.05) is 0 Å². The Balaban J connectivity index is 2.42. The van der Waals surface area contributed by atoms with Crippen LogP contribution in [0.25, 0.3) is 6.08 Å². The minimum Gasteiger partial charge on any atom is -0.508 e. The lowest BCUT2D eigenvalue weighted by Crippen LogP contribution is -1.85. The number of hydrogen-bond donors (Lipinski definition) is 2. The predicted octanol–water partition coefficient (Wildman–Crippen LogP) is 3.87. The first kappa shape index (κ1) is 13.8. The van der Waals surface area contributed by atoms with Crippen molar-refractivity contribution in [1.29, 1.82) is 0 Å². The minimum absolute atomic E-state index is 0.121. The van der Waals surface area contributed by atoms with Crippen LogP contribution in [-0.2, 0) is 6.61 Å². The van der Waals surface area contributed by atoms with E-state index in [4.69, 9.17) is 5.11 Å². The molecule has 0 aliphatic heterocycles. The van der Waals surface area contributed by atoms with Gasteiger partial charge in [0.2, 0.25) is 0 Å². The van der Waals surface area contributed by atoms with Gasteiger partial charge in [0, 0.05) is 5.56 Å². The SMILES string of the molecule is CCCCCCC=Cc1ccc(O)c(CO)c1. The Hall–Kier alpha value is -1.28. The molecule has 1 aromatic carbocycles. The molecule has 2 N–H and O–H groups in total. The fourth-order valence-corrected chi connectivity index (χ4v) is 1.74.